The lowest BCUT2D eigenvalue weighted by atomic mass is 10.00. The summed E-state index contributed by atoms with van der Waals surface area (Å²) in [5.74, 6) is 1.65. The molecule has 0 radical (unpaired) electrons. The number of nitrogens with zero attached hydrogens (tertiary/aromatic N) is 3. The molecule has 1 aromatic carbocycles. The van der Waals surface area contributed by atoms with Gasteiger partial charge in [0.2, 0.25) is 0 Å². The molecule has 0 saturated carbocycles. The average Bonchev–Trinajstić information content (AvgIpc) is 2.95. The van der Waals surface area contributed by atoms with Crippen LogP contribution in [0.2, 0.25) is 0 Å². The van der Waals surface area contributed by atoms with E-state index in [9.17, 15) is 0 Å². The number of tetrazole rings is 1. The third-order valence-electron chi connectivity index (χ3n) is 3.31. The summed E-state index contributed by atoms with van der Waals surface area (Å²) in [5.41, 5.74) is 3.03. The second kappa shape index (κ2) is 4.04. The van der Waals surface area contributed by atoms with Gasteiger partial charge in [0, 0.05) is 6.42 Å². The first kappa shape index (κ1) is 9.51. The summed E-state index contributed by atoms with van der Waals surface area (Å²) in [7, 11) is 0. The van der Waals surface area contributed by atoms with Crippen LogP contribution in [-0.4, -0.2) is 20.6 Å². The molecule has 4 nitrogen and oxygen atoms in total. The Bertz CT molecular complexity index is 439. The molecule has 4 heteroatoms. The molecular formula is C12H14N4. The average molecular weight is 214 g/mol. The Labute approximate surface area is 94.1 Å². The van der Waals surface area contributed by atoms with Crippen LogP contribution in [0.4, 0.5) is 0 Å². The van der Waals surface area contributed by atoms with E-state index in [2.05, 4.69) is 44.9 Å². The lowest BCUT2D eigenvalue weighted by Gasteiger charge is -2.05. The van der Waals surface area contributed by atoms with E-state index in [1.54, 1.807) is 0 Å². The molecule has 2 aromatic rings. The van der Waals surface area contributed by atoms with Crippen molar-refractivity contribution in [2.75, 3.05) is 0 Å². The minimum absolute atomic E-state index is 0.752. The van der Waals surface area contributed by atoms with Crippen LogP contribution in [0, 0.1) is 5.92 Å². The zero-order chi connectivity index (χ0) is 10.8. The lowest BCUT2D eigenvalue weighted by Crippen LogP contribution is -2.02. The molecule has 0 bridgehead atoms. The van der Waals surface area contributed by atoms with E-state index in [1.165, 1.54) is 24.0 Å². The standard InChI is InChI=1S/C12H14N4/c1-2-4-11-8-9(7-10(11)3-1)5-6-12-13-15-16-14-12/h1-4,9H,5-8H2,(H,13,14,15,16). The molecule has 1 aliphatic carbocycles. The summed E-state index contributed by atoms with van der Waals surface area (Å²) in [6, 6.07) is 8.74. The Hall–Kier alpha value is -1.71. The maximum Gasteiger partial charge on any atom is 0.148 e. The maximum atomic E-state index is 3.91. The van der Waals surface area contributed by atoms with Gasteiger partial charge < -0.3 is 0 Å². The number of aromatic nitrogens is 4. The molecule has 0 amide bonds. The van der Waals surface area contributed by atoms with Gasteiger partial charge in [0.05, 0.1) is 0 Å². The number of hydrogen-bond donors (Lipinski definition) is 1. The fourth-order valence-electron chi connectivity index (χ4n) is 2.48. The first-order valence-corrected chi connectivity index (χ1v) is 5.71. The highest BCUT2D eigenvalue weighted by atomic mass is 15.5. The topological polar surface area (TPSA) is 54.5 Å². The van der Waals surface area contributed by atoms with Gasteiger partial charge in [-0.3, -0.25) is 0 Å². The van der Waals surface area contributed by atoms with Crippen molar-refractivity contribution in [2.24, 2.45) is 5.92 Å². The van der Waals surface area contributed by atoms with Crippen molar-refractivity contribution in [1.82, 2.24) is 20.6 Å². The van der Waals surface area contributed by atoms with Gasteiger partial charge >= 0.3 is 0 Å². The normalized spacial score (nSPS) is 15.2. The molecule has 0 saturated heterocycles. The Kier molecular flexibility index (Phi) is 2.40. The summed E-state index contributed by atoms with van der Waals surface area (Å²) in [4.78, 5) is 0. The van der Waals surface area contributed by atoms with Crippen molar-refractivity contribution >= 4 is 0 Å². The largest absolute Gasteiger partial charge is 0.243 e. The summed E-state index contributed by atoms with van der Waals surface area (Å²) in [6.07, 6.45) is 4.52. The zero-order valence-electron chi connectivity index (χ0n) is 9.06. The van der Waals surface area contributed by atoms with Crippen molar-refractivity contribution in [2.45, 2.75) is 25.7 Å². The summed E-state index contributed by atoms with van der Waals surface area (Å²) in [5, 5.41) is 13.9. The number of aryl methyl sites for hydroxylation is 1. The SMILES string of the molecule is c1ccc2c(c1)CC(CCc1nnn[nH]1)C2. The number of aromatic amines is 1. The summed E-state index contributed by atoms with van der Waals surface area (Å²) < 4.78 is 0. The van der Waals surface area contributed by atoms with Crippen LogP contribution >= 0.6 is 0 Å². The highest BCUT2D eigenvalue weighted by Gasteiger charge is 2.20. The molecule has 82 valence electrons. The molecule has 1 N–H and O–H groups in total. The quantitative estimate of drug-likeness (QED) is 0.843. The van der Waals surface area contributed by atoms with Crippen LogP contribution in [0.5, 0.6) is 0 Å². The van der Waals surface area contributed by atoms with Crippen LogP contribution in [-0.2, 0) is 19.3 Å². The van der Waals surface area contributed by atoms with Gasteiger partial charge in [-0.15, -0.1) is 5.10 Å². The van der Waals surface area contributed by atoms with Crippen molar-refractivity contribution in [3.8, 4) is 0 Å². The predicted octanol–water partition coefficient (Wildman–Crippen LogP) is 1.55. The Morgan fingerprint density at radius 3 is 2.56 bits per heavy atom. The van der Waals surface area contributed by atoms with Crippen molar-refractivity contribution in [1.29, 1.82) is 0 Å². The number of nitrogens with one attached hydrogen (secondary N) is 1. The Morgan fingerprint density at radius 1 is 1.19 bits per heavy atom. The van der Waals surface area contributed by atoms with E-state index >= 15 is 0 Å². The zero-order valence-corrected chi connectivity index (χ0v) is 9.06. The second-order valence-corrected chi connectivity index (χ2v) is 4.43. The maximum absolute atomic E-state index is 3.91. The molecule has 1 aliphatic rings. The second-order valence-electron chi connectivity index (χ2n) is 4.43. The molecular weight excluding hydrogens is 200 g/mol. The lowest BCUT2D eigenvalue weighted by molar-refractivity contribution is 0.507. The van der Waals surface area contributed by atoms with Crippen LogP contribution in [0.25, 0.3) is 0 Å². The van der Waals surface area contributed by atoms with E-state index in [-0.39, 0.29) is 0 Å². The first-order valence-electron chi connectivity index (χ1n) is 5.71. The summed E-state index contributed by atoms with van der Waals surface area (Å²) >= 11 is 0. The Morgan fingerprint density at radius 2 is 1.94 bits per heavy atom. The molecule has 0 unspecified atom stereocenters. The summed E-state index contributed by atoms with van der Waals surface area (Å²) in [6.45, 7) is 0. The highest BCUT2D eigenvalue weighted by Crippen LogP contribution is 2.28. The molecule has 1 heterocycles. The van der Waals surface area contributed by atoms with Gasteiger partial charge in [-0.05, 0) is 46.7 Å². The molecule has 0 fully saturated rings. The molecule has 16 heavy (non-hydrogen) atoms. The first-order chi connectivity index (χ1) is 7.92. The van der Waals surface area contributed by atoms with Crippen LogP contribution in [0.1, 0.15) is 23.4 Å². The van der Waals surface area contributed by atoms with Crippen molar-refractivity contribution < 1.29 is 0 Å². The number of H-pyrrole nitrogens is 1. The molecule has 3 rings (SSSR count). The smallest absolute Gasteiger partial charge is 0.148 e. The molecule has 0 aliphatic heterocycles. The van der Waals surface area contributed by atoms with E-state index < -0.39 is 0 Å². The van der Waals surface area contributed by atoms with E-state index in [0.29, 0.717) is 0 Å². The number of benzene rings is 1. The minimum Gasteiger partial charge on any atom is -0.243 e. The van der Waals surface area contributed by atoms with E-state index in [1.807, 2.05) is 0 Å². The Balaban J connectivity index is 1.60. The van der Waals surface area contributed by atoms with Crippen molar-refractivity contribution in [3.05, 3.63) is 41.2 Å². The number of rotatable bonds is 3. The molecule has 0 atom stereocenters. The molecule has 0 spiro atoms. The number of fused-ring (bicyclic) bond motifs is 1. The fourth-order valence-corrected chi connectivity index (χ4v) is 2.48. The third-order valence-corrected chi connectivity index (χ3v) is 3.31. The highest BCUT2D eigenvalue weighted by molar-refractivity contribution is 5.31. The molecule has 1 aromatic heterocycles. The van der Waals surface area contributed by atoms with E-state index in [0.717, 1.165) is 24.6 Å². The van der Waals surface area contributed by atoms with Gasteiger partial charge in [0.25, 0.3) is 0 Å². The van der Waals surface area contributed by atoms with Crippen LogP contribution in [0.3, 0.4) is 0 Å². The third kappa shape index (κ3) is 1.83. The van der Waals surface area contributed by atoms with Gasteiger partial charge in [-0.1, -0.05) is 24.3 Å². The van der Waals surface area contributed by atoms with Gasteiger partial charge in [0.15, 0.2) is 0 Å². The van der Waals surface area contributed by atoms with Gasteiger partial charge in [0.1, 0.15) is 5.82 Å². The predicted molar refractivity (Wildman–Crippen MR) is 59.8 cm³/mol. The van der Waals surface area contributed by atoms with Gasteiger partial charge in [-0.25, -0.2) is 5.10 Å². The van der Waals surface area contributed by atoms with Crippen LogP contribution in [0.15, 0.2) is 24.3 Å². The van der Waals surface area contributed by atoms with Crippen molar-refractivity contribution in [3.63, 3.8) is 0 Å². The minimum atomic E-state index is 0.752. The fraction of sp³-hybridized carbons (Fsp3) is 0.417. The van der Waals surface area contributed by atoms with E-state index in [4.69, 9.17) is 0 Å². The number of hydrogen-bond acceptors (Lipinski definition) is 3. The van der Waals surface area contributed by atoms with Crippen LogP contribution < -0.4 is 0 Å². The monoisotopic (exact) mass is 214 g/mol. The van der Waals surface area contributed by atoms with Gasteiger partial charge in [-0.2, -0.15) is 0 Å².